The first-order valence-corrected chi connectivity index (χ1v) is 8.43. The molecule has 6 nitrogen and oxygen atoms in total. The molecule has 29 heavy (non-hydrogen) atoms. The van der Waals surface area contributed by atoms with Gasteiger partial charge in [0.15, 0.2) is 5.82 Å². The second-order valence-corrected chi connectivity index (χ2v) is 6.46. The van der Waals surface area contributed by atoms with Crippen molar-refractivity contribution in [2.75, 3.05) is 31.2 Å². The Morgan fingerprint density at radius 1 is 1.17 bits per heavy atom. The maximum Gasteiger partial charge on any atom is 0.417 e. The van der Waals surface area contributed by atoms with E-state index in [-0.39, 0.29) is 7.43 Å². The van der Waals surface area contributed by atoms with Gasteiger partial charge in [-0.15, -0.1) is 6.54 Å². The Morgan fingerprint density at radius 3 is 2.72 bits per heavy atom. The Bertz CT molecular complexity index is 962. The fourth-order valence-electron chi connectivity index (χ4n) is 3.03. The third kappa shape index (κ3) is 4.26. The van der Waals surface area contributed by atoms with Crippen molar-refractivity contribution in [3.8, 4) is 11.5 Å². The number of ether oxygens (including phenoxy) is 1. The molecule has 3 aromatic rings. The van der Waals surface area contributed by atoms with Crippen LogP contribution in [0.2, 0.25) is 0 Å². The van der Waals surface area contributed by atoms with Crippen LogP contribution in [0.5, 0.6) is 0 Å². The maximum absolute atomic E-state index is 13.1. The zero-order valence-corrected chi connectivity index (χ0v) is 18.0. The number of hydrogen-bond acceptors (Lipinski definition) is 5. The molecular weight excluding hydrogens is 633 g/mol. The molecular formula is C19H20F3LrN5O-2. The molecule has 10 heteroatoms. The summed E-state index contributed by atoms with van der Waals surface area (Å²) in [6.45, 7) is 4.60. The Hall–Kier alpha value is -3.68. The van der Waals surface area contributed by atoms with Crippen LogP contribution >= 0.6 is 0 Å². The molecule has 1 aliphatic heterocycles. The van der Waals surface area contributed by atoms with E-state index in [2.05, 4.69) is 19.9 Å². The summed E-state index contributed by atoms with van der Waals surface area (Å²) in [4.78, 5) is 15.0. The van der Waals surface area contributed by atoms with E-state index < -0.39 is 11.7 Å². The molecule has 0 unspecified atom stereocenters. The minimum absolute atomic E-state index is 0. The smallest absolute Gasteiger partial charge is 0.411 e. The molecule has 0 aromatic carbocycles. The van der Waals surface area contributed by atoms with Crippen molar-refractivity contribution >= 4 is 11.5 Å². The molecule has 4 heterocycles. The first kappa shape index (κ1) is 21.6. The standard InChI is InChI=1S/C18H17F3N5O.CH3.Lr/c1-12-9-25(6-7-27-11-12)16-4-5-22-17(24-16)14-8-23-15-3-2-13(10-26(14)15)18(19,20)21;;/h2-5,8,10H,6-7,9,11H2,1H3;1H3;/q2*-1;. The number of imidazole rings is 1. The van der Waals surface area contributed by atoms with E-state index in [9.17, 15) is 13.2 Å². The molecule has 0 atom stereocenters. The summed E-state index contributed by atoms with van der Waals surface area (Å²) < 4.78 is 46.0. The number of alkyl halides is 3. The molecule has 3 aromatic heterocycles. The van der Waals surface area contributed by atoms with Gasteiger partial charge in [-0.1, -0.05) is 6.61 Å². The summed E-state index contributed by atoms with van der Waals surface area (Å²) in [5.41, 5.74) is 0.0596. The quantitative estimate of drug-likeness (QED) is 0.396. The molecule has 0 aliphatic carbocycles. The van der Waals surface area contributed by atoms with Crippen LogP contribution in [0, 0.1) is 13.3 Å². The van der Waals surface area contributed by atoms with Gasteiger partial charge in [0.05, 0.1) is 18.4 Å². The van der Waals surface area contributed by atoms with Crippen LogP contribution in [-0.2, 0) is 10.9 Å². The minimum Gasteiger partial charge on any atom is -0.411 e. The minimum atomic E-state index is -4.43. The van der Waals surface area contributed by atoms with Gasteiger partial charge in [-0.3, -0.25) is 10.3 Å². The van der Waals surface area contributed by atoms with Gasteiger partial charge in [-0.2, -0.15) is 20.1 Å². The van der Waals surface area contributed by atoms with Gasteiger partial charge in [-0.05, 0) is 18.2 Å². The van der Waals surface area contributed by atoms with Crippen molar-refractivity contribution in [3.05, 3.63) is 55.7 Å². The first-order chi connectivity index (χ1) is 12.9. The Balaban J connectivity index is 0.00000150. The predicted molar refractivity (Wildman–Crippen MR) is 99.6 cm³/mol. The Labute approximate surface area is 161 Å². The zero-order valence-electron chi connectivity index (χ0n) is 15.8. The van der Waals surface area contributed by atoms with Gasteiger partial charge in [0.1, 0.15) is 17.2 Å². The third-order valence-corrected chi connectivity index (χ3v) is 4.34. The monoisotopic (exact) mass is 653 g/mol. The number of pyridine rings is 1. The van der Waals surface area contributed by atoms with Crippen molar-refractivity contribution < 1.29 is 17.9 Å². The molecule has 1 fully saturated rings. The van der Waals surface area contributed by atoms with Crippen LogP contribution in [0.25, 0.3) is 17.2 Å². The van der Waals surface area contributed by atoms with Gasteiger partial charge in [-0.25, -0.2) is 15.0 Å². The summed E-state index contributed by atoms with van der Waals surface area (Å²) in [5, 5.41) is 0. The second-order valence-electron chi connectivity index (χ2n) is 6.46. The zero-order chi connectivity index (χ0) is 19.0. The fourth-order valence-corrected chi connectivity index (χ4v) is 3.03. The fraction of sp³-hybridized carbons (Fsp3) is 0.316. The van der Waals surface area contributed by atoms with Gasteiger partial charge in [0.25, 0.3) is 0 Å². The van der Waals surface area contributed by atoms with Crippen LogP contribution < -0.4 is 4.90 Å². The van der Waals surface area contributed by atoms with Crippen molar-refractivity contribution in [1.82, 2.24) is 19.4 Å². The first-order valence-electron chi connectivity index (χ1n) is 8.43. The van der Waals surface area contributed by atoms with Crippen molar-refractivity contribution in [2.45, 2.75) is 13.1 Å². The van der Waals surface area contributed by atoms with Crippen LogP contribution in [-0.4, -0.2) is 45.7 Å². The van der Waals surface area contributed by atoms with Gasteiger partial charge in [0.2, 0.25) is 0 Å². The van der Waals surface area contributed by atoms with E-state index in [0.717, 1.165) is 12.3 Å². The number of halogens is 3. The maximum atomic E-state index is 13.1. The Morgan fingerprint density at radius 2 is 1.97 bits per heavy atom. The van der Waals surface area contributed by atoms with Crippen molar-refractivity contribution in [1.29, 1.82) is 0 Å². The third-order valence-electron chi connectivity index (χ3n) is 4.34. The normalized spacial score (nSPS) is 15.5. The average Bonchev–Trinajstić information content (AvgIpc) is 2.94. The van der Waals surface area contributed by atoms with Crippen LogP contribution in [0.1, 0.15) is 12.5 Å². The van der Waals surface area contributed by atoms with E-state index in [1.165, 1.54) is 22.6 Å². The number of rotatable bonds is 2. The van der Waals surface area contributed by atoms with Crippen molar-refractivity contribution in [2.24, 2.45) is 0 Å². The van der Waals surface area contributed by atoms with E-state index >= 15 is 0 Å². The molecule has 1 aliphatic rings. The molecule has 1 radical (unpaired) electrons. The second kappa shape index (κ2) is 8.14. The predicted octanol–water partition coefficient (Wildman–Crippen LogP) is 3.69. The molecule has 0 N–H and O–H groups in total. The van der Waals surface area contributed by atoms with Crippen LogP contribution in [0.3, 0.4) is 0 Å². The van der Waals surface area contributed by atoms with E-state index in [1.807, 2.05) is 6.92 Å². The number of nitrogens with zero attached hydrogens (tertiary/aromatic N) is 5. The van der Waals surface area contributed by atoms with Crippen LogP contribution in [0.15, 0.2) is 36.8 Å². The average molecular weight is 653 g/mol. The number of fused-ring (bicyclic) bond motifs is 1. The molecule has 1 saturated heterocycles. The number of anilines is 1. The molecule has 165 valence electrons. The summed E-state index contributed by atoms with van der Waals surface area (Å²) in [6, 6.07) is 4.13. The van der Waals surface area contributed by atoms with Gasteiger partial charge < -0.3 is 17.1 Å². The molecule has 0 bridgehead atoms. The van der Waals surface area contributed by atoms with Gasteiger partial charge >= 0.3 is 6.18 Å². The molecule has 4 rings (SSSR count). The summed E-state index contributed by atoms with van der Waals surface area (Å²) >= 11 is 0. The topological polar surface area (TPSA) is 55.5 Å². The summed E-state index contributed by atoms with van der Waals surface area (Å²) in [7, 11) is 0. The molecule has 0 spiro atoms. The van der Waals surface area contributed by atoms with E-state index in [1.54, 1.807) is 12.3 Å². The SMILES string of the molecule is C[C-]1COCCN(c2ccnc(-c3cnc4ccc(C(F)(F)F)cn34)n2)C1.[CH3-].[Lr]. The van der Waals surface area contributed by atoms with Crippen molar-refractivity contribution in [3.63, 3.8) is 0 Å². The summed E-state index contributed by atoms with van der Waals surface area (Å²) in [5.74, 6) is 2.20. The molecule has 0 saturated carbocycles. The van der Waals surface area contributed by atoms with Gasteiger partial charge in [0, 0.05) is 18.9 Å². The van der Waals surface area contributed by atoms with E-state index in [4.69, 9.17) is 4.74 Å². The van der Waals surface area contributed by atoms with E-state index in [0.29, 0.717) is 49.3 Å². The largest absolute Gasteiger partial charge is 0.417 e. The molecule has 0 amide bonds. The Kier molecular flexibility index (Phi) is 6.06. The number of aromatic nitrogens is 4. The van der Waals surface area contributed by atoms with Crippen LogP contribution in [0.4, 0.5) is 19.0 Å². The number of hydrogen-bond donors (Lipinski definition) is 0. The summed E-state index contributed by atoms with van der Waals surface area (Å²) in [6.07, 6.45) is -0.327.